The number of ketones is 1. The molecule has 0 aromatic heterocycles. The number of anilines is 1. The van der Waals surface area contributed by atoms with Gasteiger partial charge in [0.25, 0.3) is 0 Å². The summed E-state index contributed by atoms with van der Waals surface area (Å²) in [5.41, 5.74) is 6.96. The van der Waals surface area contributed by atoms with Crippen LogP contribution in [0.15, 0.2) is 49.0 Å². The van der Waals surface area contributed by atoms with Gasteiger partial charge in [-0.2, -0.15) is 0 Å². The van der Waals surface area contributed by atoms with E-state index >= 15 is 0 Å². The predicted octanol–water partition coefficient (Wildman–Crippen LogP) is 9.22. The van der Waals surface area contributed by atoms with Crippen LogP contribution in [0.1, 0.15) is 95.4 Å². The lowest BCUT2D eigenvalue weighted by molar-refractivity contribution is -0.121. The second-order valence-corrected chi connectivity index (χ2v) is 9.90. The second-order valence-electron chi connectivity index (χ2n) is 9.90. The zero-order chi connectivity index (χ0) is 27.5. The third kappa shape index (κ3) is 14.2. The predicted molar refractivity (Wildman–Crippen MR) is 162 cm³/mol. The Morgan fingerprint density at radius 2 is 1.53 bits per heavy atom. The summed E-state index contributed by atoms with van der Waals surface area (Å²) in [4.78, 5) is 13.2. The topological polar surface area (TPSA) is 32.3 Å². The van der Waals surface area contributed by atoms with Gasteiger partial charge in [0.2, 0.25) is 0 Å². The molecule has 1 atom stereocenters. The minimum Gasteiger partial charge on any atom is -0.355 e. The van der Waals surface area contributed by atoms with Crippen LogP contribution >= 0.6 is 0 Å². The number of rotatable bonds is 12. The van der Waals surface area contributed by atoms with Gasteiger partial charge in [-0.1, -0.05) is 83.0 Å². The van der Waals surface area contributed by atoms with E-state index < -0.39 is 0 Å². The lowest BCUT2D eigenvalue weighted by Gasteiger charge is -2.14. The SMILES string of the molecule is C=C(Nc1ccccc1C)c1cc(C)ccc1C.CCCCC(CC)C(C)=O.CCCN(C)CCC. The van der Waals surface area contributed by atoms with Gasteiger partial charge in [-0.3, -0.25) is 4.79 Å². The van der Waals surface area contributed by atoms with Crippen LogP contribution in [0.5, 0.6) is 0 Å². The van der Waals surface area contributed by atoms with E-state index in [4.69, 9.17) is 0 Å². The highest BCUT2D eigenvalue weighted by molar-refractivity contribution is 5.78. The van der Waals surface area contributed by atoms with Gasteiger partial charge in [0, 0.05) is 22.9 Å². The molecule has 3 heteroatoms. The van der Waals surface area contributed by atoms with Crippen molar-refractivity contribution in [3.05, 3.63) is 71.3 Å². The number of nitrogens with one attached hydrogen (secondary N) is 1. The Kier molecular flexibility index (Phi) is 18.4. The fourth-order valence-electron chi connectivity index (χ4n) is 4.02. The number of hydrogen-bond acceptors (Lipinski definition) is 3. The summed E-state index contributed by atoms with van der Waals surface area (Å²) in [6.07, 6.45) is 7.03. The van der Waals surface area contributed by atoms with E-state index in [-0.39, 0.29) is 0 Å². The number of para-hydroxylation sites is 1. The highest BCUT2D eigenvalue weighted by Gasteiger charge is 2.09. The normalized spacial score (nSPS) is 11.1. The maximum absolute atomic E-state index is 10.9. The molecule has 1 unspecified atom stereocenters. The van der Waals surface area contributed by atoms with Crippen molar-refractivity contribution in [1.82, 2.24) is 4.90 Å². The first kappa shape index (κ1) is 33.6. The molecule has 0 aliphatic rings. The molecule has 0 aliphatic heterocycles. The summed E-state index contributed by atoms with van der Waals surface area (Å²) in [6, 6.07) is 14.7. The molecule has 0 radical (unpaired) electrons. The van der Waals surface area contributed by atoms with Crippen molar-refractivity contribution in [1.29, 1.82) is 0 Å². The molecule has 0 aliphatic carbocycles. The van der Waals surface area contributed by atoms with Crippen LogP contribution in [0.4, 0.5) is 5.69 Å². The van der Waals surface area contributed by atoms with Crippen LogP contribution in [0.25, 0.3) is 5.70 Å². The fraction of sp³-hybridized carbons (Fsp3) is 0.545. The molecule has 0 heterocycles. The number of nitrogens with zero attached hydrogens (tertiary/aromatic N) is 1. The number of hydrogen-bond donors (Lipinski definition) is 1. The van der Waals surface area contributed by atoms with Crippen LogP contribution in [0.3, 0.4) is 0 Å². The number of carbonyl (C=O) groups is 1. The first-order chi connectivity index (χ1) is 17.1. The van der Waals surface area contributed by atoms with Gasteiger partial charge in [0.15, 0.2) is 0 Å². The fourth-order valence-corrected chi connectivity index (χ4v) is 4.02. The highest BCUT2D eigenvalue weighted by Crippen LogP contribution is 2.23. The molecule has 0 saturated carbocycles. The quantitative estimate of drug-likeness (QED) is 0.319. The molecule has 0 bridgehead atoms. The van der Waals surface area contributed by atoms with Crippen LogP contribution in [-0.2, 0) is 4.79 Å². The van der Waals surface area contributed by atoms with Gasteiger partial charge >= 0.3 is 0 Å². The van der Waals surface area contributed by atoms with Gasteiger partial charge in [-0.15, -0.1) is 0 Å². The van der Waals surface area contributed by atoms with Crippen molar-refractivity contribution < 1.29 is 4.79 Å². The Labute approximate surface area is 223 Å². The number of Topliss-reactive ketones (excluding diaryl/α,β-unsaturated/α-hetero) is 1. The largest absolute Gasteiger partial charge is 0.355 e. The van der Waals surface area contributed by atoms with Crippen molar-refractivity contribution in [3.63, 3.8) is 0 Å². The smallest absolute Gasteiger partial charge is 0.132 e. The van der Waals surface area contributed by atoms with Crippen molar-refractivity contribution >= 4 is 17.2 Å². The molecular formula is C33H54N2O. The average molecular weight is 495 g/mol. The lowest BCUT2D eigenvalue weighted by atomic mass is 9.96. The molecule has 1 N–H and O–H groups in total. The molecule has 36 heavy (non-hydrogen) atoms. The Morgan fingerprint density at radius 3 is 2.03 bits per heavy atom. The van der Waals surface area contributed by atoms with Crippen molar-refractivity contribution in [2.24, 2.45) is 5.92 Å². The van der Waals surface area contributed by atoms with Gasteiger partial charge < -0.3 is 10.2 Å². The molecule has 2 aromatic rings. The summed E-state index contributed by atoms with van der Waals surface area (Å²) < 4.78 is 0. The number of benzene rings is 2. The Morgan fingerprint density at radius 1 is 0.917 bits per heavy atom. The summed E-state index contributed by atoms with van der Waals surface area (Å²) in [5, 5.41) is 3.40. The average Bonchev–Trinajstić information content (AvgIpc) is 2.83. The van der Waals surface area contributed by atoms with Gasteiger partial charge in [0.05, 0.1) is 0 Å². The Hall–Kier alpha value is -2.39. The zero-order valence-electron chi connectivity index (χ0n) is 24.8. The standard InChI is InChI=1S/C17H19N.C9H18O.C7H17N/c1-12-9-10-13(2)16(11-12)15(4)18-17-8-6-5-7-14(17)3;1-4-6-7-9(5-2)8(3)10;1-4-6-8(3)7-5-2/h5-11,18H,4H2,1-3H3;9H,4-7H2,1-3H3;4-7H2,1-3H3. The van der Waals surface area contributed by atoms with Crippen molar-refractivity contribution in [2.75, 3.05) is 25.5 Å². The molecule has 2 aromatic carbocycles. The van der Waals surface area contributed by atoms with E-state index in [1.165, 1.54) is 61.0 Å². The van der Waals surface area contributed by atoms with E-state index in [9.17, 15) is 4.79 Å². The van der Waals surface area contributed by atoms with E-state index in [1.807, 2.05) is 12.1 Å². The molecule has 202 valence electrons. The van der Waals surface area contributed by atoms with Gasteiger partial charge in [-0.25, -0.2) is 0 Å². The Bertz CT molecular complexity index is 881. The molecule has 0 saturated heterocycles. The summed E-state index contributed by atoms with van der Waals surface area (Å²) in [7, 11) is 2.17. The molecule has 3 nitrogen and oxygen atoms in total. The number of unbranched alkanes of at least 4 members (excludes halogenated alkanes) is 1. The summed E-state index contributed by atoms with van der Waals surface area (Å²) in [6.45, 7) is 23.3. The number of aryl methyl sites for hydroxylation is 3. The van der Waals surface area contributed by atoms with Gasteiger partial charge in [0.1, 0.15) is 5.78 Å². The third-order valence-corrected chi connectivity index (χ3v) is 6.33. The maximum atomic E-state index is 10.9. The van der Waals surface area contributed by atoms with Crippen LogP contribution < -0.4 is 5.32 Å². The highest BCUT2D eigenvalue weighted by atomic mass is 16.1. The monoisotopic (exact) mass is 494 g/mol. The van der Waals surface area contributed by atoms with Crippen LogP contribution in [0, 0.1) is 26.7 Å². The van der Waals surface area contributed by atoms with E-state index in [1.54, 1.807) is 6.92 Å². The Balaban J connectivity index is 0.000000578. The molecule has 2 rings (SSSR count). The maximum Gasteiger partial charge on any atom is 0.132 e. The van der Waals surface area contributed by atoms with E-state index in [2.05, 4.69) is 103 Å². The van der Waals surface area contributed by atoms with Crippen molar-refractivity contribution in [3.8, 4) is 0 Å². The summed E-state index contributed by atoms with van der Waals surface area (Å²) in [5.74, 6) is 0.691. The second kappa shape index (κ2) is 19.8. The van der Waals surface area contributed by atoms with E-state index in [0.29, 0.717) is 11.7 Å². The minimum absolute atomic E-state index is 0.333. The first-order valence-corrected chi connectivity index (χ1v) is 13.9. The summed E-state index contributed by atoms with van der Waals surface area (Å²) >= 11 is 0. The molecule has 0 spiro atoms. The third-order valence-electron chi connectivity index (χ3n) is 6.33. The minimum atomic E-state index is 0.333. The van der Waals surface area contributed by atoms with Crippen molar-refractivity contribution in [2.45, 2.75) is 93.9 Å². The van der Waals surface area contributed by atoms with Crippen LogP contribution in [-0.4, -0.2) is 30.8 Å². The first-order valence-electron chi connectivity index (χ1n) is 13.9. The molecule has 0 fully saturated rings. The molecule has 0 amide bonds. The lowest BCUT2D eigenvalue weighted by Crippen LogP contribution is -2.19. The van der Waals surface area contributed by atoms with Gasteiger partial charge in [-0.05, 0) is 96.8 Å². The van der Waals surface area contributed by atoms with Crippen LogP contribution in [0.2, 0.25) is 0 Å². The zero-order valence-corrected chi connectivity index (χ0v) is 24.8. The number of carbonyl (C=O) groups excluding carboxylic acids is 1. The molecular weight excluding hydrogens is 440 g/mol. The van der Waals surface area contributed by atoms with E-state index in [0.717, 1.165) is 24.2 Å².